The Bertz CT molecular complexity index is 538. The number of nitrogens with one attached hydrogen (secondary N) is 1. The minimum absolute atomic E-state index is 0.0101. The molecule has 0 amide bonds. The summed E-state index contributed by atoms with van der Waals surface area (Å²) in [4.78, 5) is 12.5. The fourth-order valence-corrected chi connectivity index (χ4v) is 6.09. The molecule has 0 aromatic rings. The van der Waals surface area contributed by atoms with Crippen molar-refractivity contribution in [3.8, 4) is 0 Å². The van der Waals surface area contributed by atoms with E-state index >= 15 is 0 Å². The third-order valence-electron chi connectivity index (χ3n) is 7.40. The molecule has 25 heavy (non-hydrogen) atoms. The molecular weight excluding hydrogens is 322 g/mol. The number of ether oxygens (including phenoxy) is 4. The zero-order chi connectivity index (χ0) is 17.8. The Labute approximate surface area is 149 Å². The Balaban J connectivity index is 1.47. The molecule has 0 bridgehead atoms. The lowest BCUT2D eigenvalue weighted by Crippen LogP contribution is -2.54. The summed E-state index contributed by atoms with van der Waals surface area (Å²) in [5.74, 6) is 0.530. The molecule has 2 aliphatic carbocycles. The first-order chi connectivity index (χ1) is 12.0. The topological polar surface area (TPSA) is 69.3 Å². The van der Waals surface area contributed by atoms with Gasteiger partial charge in [-0.1, -0.05) is 20.3 Å². The minimum Gasteiger partial charge on any atom is -0.462 e. The van der Waals surface area contributed by atoms with Gasteiger partial charge in [0.1, 0.15) is 11.7 Å². The molecule has 6 heteroatoms. The molecule has 1 spiro atoms. The van der Waals surface area contributed by atoms with Gasteiger partial charge in [0.25, 0.3) is 0 Å². The molecule has 1 N–H and O–H groups in total. The van der Waals surface area contributed by atoms with Gasteiger partial charge in [0.2, 0.25) is 0 Å². The first kappa shape index (κ1) is 17.7. The fourth-order valence-electron chi connectivity index (χ4n) is 6.09. The summed E-state index contributed by atoms with van der Waals surface area (Å²) >= 11 is 0. The number of hydrogen-bond donors (Lipinski definition) is 1. The number of fused-ring (bicyclic) bond motifs is 2. The average Bonchev–Trinajstić information content (AvgIpc) is 3.26. The van der Waals surface area contributed by atoms with Crippen LogP contribution in [0.2, 0.25) is 0 Å². The number of methoxy groups -OCH3 is 2. The van der Waals surface area contributed by atoms with E-state index in [1.54, 1.807) is 14.2 Å². The molecule has 2 saturated carbocycles. The molecule has 4 rings (SSSR count). The Kier molecular flexibility index (Phi) is 4.38. The third kappa shape index (κ3) is 2.48. The van der Waals surface area contributed by atoms with E-state index in [1.807, 2.05) is 0 Å². The summed E-state index contributed by atoms with van der Waals surface area (Å²) in [6.07, 6.45) is 4.48. The highest BCUT2D eigenvalue weighted by molar-refractivity contribution is 5.76. The standard InChI is InChI=1S/C19H31NO5/c1-11-6-5-7-18(2)8-13-15(16-19(11,18)25-16)12(17(21)24-13)9-20-10-14(22-3)23-4/h11-16,20H,5-10H2,1-4H3/t11-,12?,13+,15+,16-,18+,19-/m0/s1. The molecule has 0 radical (unpaired) electrons. The Morgan fingerprint density at radius 2 is 2.12 bits per heavy atom. The van der Waals surface area contributed by atoms with Gasteiger partial charge in [0.05, 0.1) is 12.0 Å². The lowest BCUT2D eigenvalue weighted by Gasteiger charge is -2.48. The van der Waals surface area contributed by atoms with Crippen LogP contribution in [0.1, 0.15) is 39.5 Å². The number of carbonyl (C=O) groups excluding carboxylic acids is 1. The minimum atomic E-state index is -0.301. The van der Waals surface area contributed by atoms with Crippen molar-refractivity contribution in [2.24, 2.45) is 23.2 Å². The maximum absolute atomic E-state index is 12.5. The molecule has 0 aromatic heterocycles. The van der Waals surface area contributed by atoms with Crippen molar-refractivity contribution in [3.63, 3.8) is 0 Å². The summed E-state index contributed by atoms with van der Waals surface area (Å²) in [5, 5.41) is 3.32. The summed E-state index contributed by atoms with van der Waals surface area (Å²) in [5.41, 5.74) is 0.122. The van der Waals surface area contributed by atoms with Crippen molar-refractivity contribution < 1.29 is 23.7 Å². The number of esters is 1. The maximum atomic E-state index is 12.5. The van der Waals surface area contributed by atoms with Gasteiger partial charge in [-0.05, 0) is 25.2 Å². The Morgan fingerprint density at radius 1 is 1.36 bits per heavy atom. The molecule has 4 fully saturated rings. The van der Waals surface area contributed by atoms with Crippen LogP contribution < -0.4 is 5.32 Å². The van der Waals surface area contributed by atoms with Crippen molar-refractivity contribution in [1.82, 2.24) is 5.32 Å². The second-order valence-electron chi connectivity index (χ2n) is 8.61. The van der Waals surface area contributed by atoms with E-state index < -0.39 is 0 Å². The van der Waals surface area contributed by atoms with Crippen molar-refractivity contribution in [2.45, 2.75) is 63.6 Å². The van der Waals surface area contributed by atoms with Crippen LogP contribution in [0.5, 0.6) is 0 Å². The van der Waals surface area contributed by atoms with Crippen molar-refractivity contribution in [2.75, 3.05) is 27.3 Å². The van der Waals surface area contributed by atoms with Crippen LogP contribution in [-0.4, -0.2) is 57.4 Å². The van der Waals surface area contributed by atoms with E-state index in [4.69, 9.17) is 18.9 Å². The fraction of sp³-hybridized carbons (Fsp3) is 0.947. The van der Waals surface area contributed by atoms with Crippen molar-refractivity contribution in [3.05, 3.63) is 0 Å². The number of rotatable bonds is 6. The van der Waals surface area contributed by atoms with Gasteiger partial charge < -0.3 is 24.3 Å². The molecule has 142 valence electrons. The van der Waals surface area contributed by atoms with E-state index in [2.05, 4.69) is 19.2 Å². The molecule has 7 atom stereocenters. The van der Waals surface area contributed by atoms with Crippen LogP contribution in [0.15, 0.2) is 0 Å². The maximum Gasteiger partial charge on any atom is 0.311 e. The van der Waals surface area contributed by atoms with E-state index in [-0.39, 0.29) is 47.3 Å². The second-order valence-corrected chi connectivity index (χ2v) is 8.61. The summed E-state index contributed by atoms with van der Waals surface area (Å²) in [6, 6.07) is 0. The highest BCUT2D eigenvalue weighted by Crippen LogP contribution is 2.70. The van der Waals surface area contributed by atoms with Crippen LogP contribution in [-0.2, 0) is 23.7 Å². The average molecular weight is 353 g/mol. The van der Waals surface area contributed by atoms with Gasteiger partial charge in [-0.15, -0.1) is 0 Å². The summed E-state index contributed by atoms with van der Waals surface area (Å²) in [6.45, 7) is 5.81. The van der Waals surface area contributed by atoms with Crippen LogP contribution in [0.3, 0.4) is 0 Å². The summed E-state index contributed by atoms with van der Waals surface area (Å²) in [7, 11) is 3.23. The lowest BCUT2D eigenvalue weighted by atomic mass is 9.53. The third-order valence-corrected chi connectivity index (χ3v) is 7.40. The highest BCUT2D eigenvalue weighted by atomic mass is 16.7. The number of epoxide rings is 1. The molecule has 1 unspecified atom stereocenters. The van der Waals surface area contributed by atoms with Gasteiger partial charge in [-0.25, -0.2) is 0 Å². The molecule has 6 nitrogen and oxygen atoms in total. The van der Waals surface area contributed by atoms with Gasteiger partial charge in [-0.2, -0.15) is 0 Å². The summed E-state index contributed by atoms with van der Waals surface area (Å²) < 4.78 is 22.6. The molecule has 2 aliphatic heterocycles. The SMILES string of the molecule is COC(CNCC1C(=O)O[C@@H]2C[C@@]3(C)CCC[C@H](C)[C@@]34O[C@H]4[C@H]12)OC. The van der Waals surface area contributed by atoms with Crippen LogP contribution >= 0.6 is 0 Å². The first-order valence-corrected chi connectivity index (χ1v) is 9.61. The molecule has 4 aliphatic rings. The Morgan fingerprint density at radius 3 is 2.84 bits per heavy atom. The smallest absolute Gasteiger partial charge is 0.311 e. The van der Waals surface area contributed by atoms with E-state index in [9.17, 15) is 4.79 Å². The quantitative estimate of drug-likeness (QED) is 0.445. The predicted octanol–water partition coefficient (Wildman–Crippen LogP) is 1.72. The van der Waals surface area contributed by atoms with Gasteiger partial charge in [-0.3, -0.25) is 4.79 Å². The van der Waals surface area contributed by atoms with Crippen LogP contribution in [0.25, 0.3) is 0 Å². The van der Waals surface area contributed by atoms with Gasteiger partial charge in [0.15, 0.2) is 6.29 Å². The van der Waals surface area contributed by atoms with Gasteiger partial charge in [0, 0.05) is 38.6 Å². The molecule has 2 saturated heterocycles. The monoisotopic (exact) mass is 353 g/mol. The predicted molar refractivity (Wildman–Crippen MR) is 90.9 cm³/mol. The number of hydrogen-bond acceptors (Lipinski definition) is 6. The van der Waals surface area contributed by atoms with E-state index in [0.717, 1.165) is 6.42 Å². The molecule has 2 heterocycles. The van der Waals surface area contributed by atoms with Crippen molar-refractivity contribution in [1.29, 1.82) is 0 Å². The highest BCUT2D eigenvalue weighted by Gasteiger charge is 2.78. The van der Waals surface area contributed by atoms with Crippen molar-refractivity contribution >= 4 is 5.97 Å². The first-order valence-electron chi connectivity index (χ1n) is 9.61. The number of carbonyl (C=O) groups is 1. The zero-order valence-corrected chi connectivity index (χ0v) is 15.7. The van der Waals surface area contributed by atoms with E-state index in [1.165, 1.54) is 19.3 Å². The lowest BCUT2D eigenvalue weighted by molar-refractivity contribution is -0.146. The molecule has 0 aromatic carbocycles. The zero-order valence-electron chi connectivity index (χ0n) is 15.7. The second kappa shape index (κ2) is 6.19. The largest absolute Gasteiger partial charge is 0.462 e. The van der Waals surface area contributed by atoms with Gasteiger partial charge >= 0.3 is 5.97 Å². The van der Waals surface area contributed by atoms with E-state index in [0.29, 0.717) is 19.0 Å². The van der Waals surface area contributed by atoms with Crippen LogP contribution in [0.4, 0.5) is 0 Å². The molecular formula is C19H31NO5. The van der Waals surface area contributed by atoms with Crippen LogP contribution in [0, 0.1) is 23.2 Å². The normalized spacial score (nSPS) is 47.9. The Hall–Kier alpha value is -0.690.